The van der Waals surface area contributed by atoms with Crippen LogP contribution in [0.3, 0.4) is 0 Å². The smallest absolute Gasteiger partial charge is 0.410 e. The Hall–Kier alpha value is -4.17. The van der Waals surface area contributed by atoms with Gasteiger partial charge >= 0.3 is 6.09 Å². The van der Waals surface area contributed by atoms with Crippen molar-refractivity contribution >= 4 is 28.8 Å². The molecule has 1 aromatic heterocycles. The Labute approximate surface area is 228 Å². The first-order valence-corrected chi connectivity index (χ1v) is 13.2. The summed E-state index contributed by atoms with van der Waals surface area (Å²) in [5.41, 5.74) is 4.95. The third-order valence-electron chi connectivity index (χ3n) is 6.68. The zero-order valence-corrected chi connectivity index (χ0v) is 22.9. The Morgan fingerprint density at radius 3 is 2.44 bits per heavy atom. The molecule has 1 fully saturated rings. The van der Waals surface area contributed by atoms with Crippen molar-refractivity contribution in [1.82, 2.24) is 14.8 Å². The SMILES string of the molecule is Cc1ccccc1C(=O)Nc1ccccc1-c1nc2ccc(CN3CCN(C(=O)OC(C)(C)C)CC3)cc2o1. The van der Waals surface area contributed by atoms with Crippen molar-refractivity contribution in [3.8, 4) is 11.5 Å². The van der Waals surface area contributed by atoms with Crippen LogP contribution >= 0.6 is 0 Å². The topological polar surface area (TPSA) is 87.9 Å². The number of aryl methyl sites for hydroxylation is 1. The van der Waals surface area contributed by atoms with E-state index in [4.69, 9.17) is 14.1 Å². The van der Waals surface area contributed by atoms with Gasteiger partial charge in [0.2, 0.25) is 5.89 Å². The standard InChI is InChI=1S/C31H34N4O4/c1-21-9-5-6-10-23(21)28(36)32-25-12-8-7-11-24(25)29-33-26-14-13-22(19-27(26)38-29)20-34-15-17-35(18-16-34)30(37)39-31(2,3)4/h5-14,19H,15-18,20H2,1-4H3,(H,32,36). The lowest BCUT2D eigenvalue weighted by Crippen LogP contribution is -2.49. The molecule has 1 saturated heterocycles. The van der Waals surface area contributed by atoms with Crippen LogP contribution in [0.4, 0.5) is 10.5 Å². The lowest BCUT2D eigenvalue weighted by molar-refractivity contribution is 0.0139. The highest BCUT2D eigenvalue weighted by molar-refractivity contribution is 6.07. The van der Waals surface area contributed by atoms with Crippen molar-refractivity contribution in [1.29, 1.82) is 0 Å². The van der Waals surface area contributed by atoms with Crippen LogP contribution in [0.1, 0.15) is 42.3 Å². The number of amides is 2. The van der Waals surface area contributed by atoms with Gasteiger partial charge in [0.1, 0.15) is 11.1 Å². The number of oxazole rings is 1. The highest BCUT2D eigenvalue weighted by Crippen LogP contribution is 2.31. The fourth-order valence-corrected chi connectivity index (χ4v) is 4.65. The Morgan fingerprint density at radius 1 is 0.974 bits per heavy atom. The fourth-order valence-electron chi connectivity index (χ4n) is 4.65. The average Bonchev–Trinajstić information content (AvgIpc) is 3.32. The normalized spacial score (nSPS) is 14.4. The van der Waals surface area contributed by atoms with Gasteiger partial charge in [-0.25, -0.2) is 9.78 Å². The van der Waals surface area contributed by atoms with E-state index in [1.807, 2.05) is 88.4 Å². The Kier molecular flexibility index (Phi) is 7.39. The lowest BCUT2D eigenvalue weighted by Gasteiger charge is -2.35. The Morgan fingerprint density at radius 2 is 1.69 bits per heavy atom. The summed E-state index contributed by atoms with van der Waals surface area (Å²) in [6.07, 6.45) is -0.256. The number of rotatable bonds is 5. The average molecular weight is 527 g/mol. The third kappa shape index (κ3) is 6.29. The molecule has 2 heterocycles. The van der Waals surface area contributed by atoms with Gasteiger partial charge in [0.25, 0.3) is 5.91 Å². The second-order valence-electron chi connectivity index (χ2n) is 10.9. The second kappa shape index (κ2) is 10.9. The van der Waals surface area contributed by atoms with Crippen LogP contribution < -0.4 is 5.32 Å². The number of para-hydroxylation sites is 1. The van der Waals surface area contributed by atoms with Gasteiger partial charge in [0.05, 0.1) is 11.3 Å². The van der Waals surface area contributed by atoms with Crippen molar-refractivity contribution < 1.29 is 18.7 Å². The van der Waals surface area contributed by atoms with E-state index < -0.39 is 5.60 Å². The molecular formula is C31H34N4O4. The highest BCUT2D eigenvalue weighted by atomic mass is 16.6. The van der Waals surface area contributed by atoms with Crippen LogP contribution in [0.5, 0.6) is 0 Å². The van der Waals surface area contributed by atoms with Gasteiger partial charge < -0.3 is 19.4 Å². The molecule has 39 heavy (non-hydrogen) atoms. The molecule has 3 aromatic carbocycles. The van der Waals surface area contributed by atoms with Gasteiger partial charge in [-0.1, -0.05) is 36.4 Å². The number of anilines is 1. The lowest BCUT2D eigenvalue weighted by atomic mass is 10.1. The monoisotopic (exact) mass is 526 g/mol. The van der Waals surface area contributed by atoms with Crippen LogP contribution in [0.15, 0.2) is 71.1 Å². The van der Waals surface area contributed by atoms with E-state index in [0.29, 0.717) is 35.8 Å². The number of benzene rings is 3. The molecule has 8 heteroatoms. The highest BCUT2D eigenvalue weighted by Gasteiger charge is 2.26. The largest absolute Gasteiger partial charge is 0.444 e. The molecule has 0 saturated carbocycles. The predicted octanol–water partition coefficient (Wildman–Crippen LogP) is 6.11. The summed E-state index contributed by atoms with van der Waals surface area (Å²) in [6.45, 7) is 11.1. The minimum atomic E-state index is -0.493. The summed E-state index contributed by atoms with van der Waals surface area (Å²) in [5, 5.41) is 3.02. The minimum absolute atomic E-state index is 0.175. The molecule has 2 amide bonds. The number of hydrogen-bond donors (Lipinski definition) is 1. The molecule has 0 atom stereocenters. The number of piperazine rings is 1. The number of hydrogen-bond acceptors (Lipinski definition) is 6. The second-order valence-corrected chi connectivity index (χ2v) is 10.9. The molecule has 5 rings (SSSR count). The molecule has 1 N–H and O–H groups in total. The quantitative estimate of drug-likeness (QED) is 0.338. The van der Waals surface area contributed by atoms with Gasteiger partial charge in [0, 0.05) is 38.3 Å². The van der Waals surface area contributed by atoms with Crippen LogP contribution in [0, 0.1) is 6.92 Å². The van der Waals surface area contributed by atoms with Crippen LogP contribution in [-0.4, -0.2) is 58.6 Å². The molecule has 1 aliphatic rings. The number of aromatic nitrogens is 1. The summed E-state index contributed by atoms with van der Waals surface area (Å²) in [4.78, 5) is 34.1. The summed E-state index contributed by atoms with van der Waals surface area (Å²) < 4.78 is 11.7. The molecule has 4 aromatic rings. The van der Waals surface area contributed by atoms with E-state index in [9.17, 15) is 9.59 Å². The van der Waals surface area contributed by atoms with Crippen LogP contribution in [0.2, 0.25) is 0 Å². The number of fused-ring (bicyclic) bond motifs is 1. The Bertz CT molecular complexity index is 1500. The maximum Gasteiger partial charge on any atom is 0.410 e. The number of ether oxygens (including phenoxy) is 1. The van der Waals surface area contributed by atoms with Gasteiger partial charge in [-0.15, -0.1) is 0 Å². The van der Waals surface area contributed by atoms with Crippen molar-refractivity contribution in [2.24, 2.45) is 0 Å². The van der Waals surface area contributed by atoms with E-state index in [0.717, 1.165) is 41.8 Å². The van der Waals surface area contributed by atoms with Crippen molar-refractivity contribution in [2.45, 2.75) is 39.8 Å². The molecule has 0 aliphatic carbocycles. The number of carbonyl (C=O) groups is 2. The van der Waals surface area contributed by atoms with Crippen LogP contribution in [0.25, 0.3) is 22.6 Å². The first-order valence-electron chi connectivity index (χ1n) is 13.2. The fraction of sp³-hybridized carbons (Fsp3) is 0.323. The molecular weight excluding hydrogens is 492 g/mol. The zero-order valence-electron chi connectivity index (χ0n) is 22.9. The molecule has 1 aliphatic heterocycles. The zero-order chi connectivity index (χ0) is 27.6. The summed E-state index contributed by atoms with van der Waals surface area (Å²) in [7, 11) is 0. The number of carbonyl (C=O) groups excluding carboxylic acids is 2. The maximum atomic E-state index is 12.9. The molecule has 202 valence electrons. The third-order valence-corrected chi connectivity index (χ3v) is 6.68. The molecule has 0 bridgehead atoms. The summed E-state index contributed by atoms with van der Waals surface area (Å²) >= 11 is 0. The molecule has 0 spiro atoms. The first kappa shape index (κ1) is 26.4. The molecule has 0 unspecified atom stereocenters. The minimum Gasteiger partial charge on any atom is -0.444 e. The summed E-state index contributed by atoms with van der Waals surface area (Å²) in [5.74, 6) is 0.277. The van der Waals surface area contributed by atoms with Crippen molar-refractivity contribution in [3.05, 3.63) is 83.4 Å². The van der Waals surface area contributed by atoms with Gasteiger partial charge in [-0.05, 0) is 69.2 Å². The number of nitrogens with zero attached hydrogens (tertiary/aromatic N) is 3. The molecule has 0 radical (unpaired) electrons. The first-order chi connectivity index (χ1) is 18.7. The molecule has 8 nitrogen and oxygen atoms in total. The van der Waals surface area contributed by atoms with Crippen LogP contribution in [-0.2, 0) is 11.3 Å². The van der Waals surface area contributed by atoms with Gasteiger partial charge in [0.15, 0.2) is 5.58 Å². The maximum absolute atomic E-state index is 12.9. The predicted molar refractivity (Wildman–Crippen MR) is 152 cm³/mol. The summed E-state index contributed by atoms with van der Waals surface area (Å²) in [6, 6.07) is 21.0. The van der Waals surface area contributed by atoms with Crippen molar-refractivity contribution in [3.63, 3.8) is 0 Å². The van der Waals surface area contributed by atoms with E-state index in [-0.39, 0.29) is 12.0 Å². The van der Waals surface area contributed by atoms with Gasteiger partial charge in [-0.2, -0.15) is 0 Å². The number of nitrogens with one attached hydrogen (secondary N) is 1. The van der Waals surface area contributed by atoms with Crippen molar-refractivity contribution in [2.75, 3.05) is 31.5 Å². The Balaban J connectivity index is 1.28. The van der Waals surface area contributed by atoms with E-state index in [2.05, 4.69) is 16.3 Å². The van der Waals surface area contributed by atoms with Gasteiger partial charge in [-0.3, -0.25) is 9.69 Å². The van der Waals surface area contributed by atoms with E-state index in [1.165, 1.54) is 0 Å². The van der Waals surface area contributed by atoms with E-state index >= 15 is 0 Å². The van der Waals surface area contributed by atoms with E-state index in [1.54, 1.807) is 4.90 Å².